The Hall–Kier alpha value is -1.01. The van der Waals surface area contributed by atoms with Crippen molar-refractivity contribution >= 4 is 11.6 Å². The Morgan fingerprint density at radius 1 is 1.47 bits per heavy atom. The fourth-order valence-corrected chi connectivity index (χ4v) is 2.27. The van der Waals surface area contributed by atoms with E-state index < -0.39 is 0 Å². The molecular weight excluding hydrogens is 270 g/mol. The molecule has 0 amide bonds. The molecular formula is C13H18ClNO4. The summed E-state index contributed by atoms with van der Waals surface area (Å²) in [6.45, 7) is 1.52. The van der Waals surface area contributed by atoms with Gasteiger partial charge in [-0.3, -0.25) is 0 Å². The first-order chi connectivity index (χ1) is 9.24. The van der Waals surface area contributed by atoms with Crippen molar-refractivity contribution in [1.29, 1.82) is 0 Å². The van der Waals surface area contributed by atoms with E-state index in [1.165, 1.54) is 0 Å². The van der Waals surface area contributed by atoms with E-state index in [0.717, 1.165) is 5.56 Å². The van der Waals surface area contributed by atoms with Crippen molar-refractivity contribution in [1.82, 2.24) is 5.32 Å². The largest absolute Gasteiger partial charge is 0.454 e. The summed E-state index contributed by atoms with van der Waals surface area (Å²) in [4.78, 5) is 0. The van der Waals surface area contributed by atoms with E-state index in [-0.39, 0.29) is 19.4 Å². The molecule has 0 aromatic heterocycles. The van der Waals surface area contributed by atoms with Crippen molar-refractivity contribution in [2.45, 2.75) is 19.0 Å². The first kappa shape index (κ1) is 14.4. The lowest BCUT2D eigenvalue weighted by Crippen LogP contribution is -2.33. The van der Waals surface area contributed by atoms with Crippen LogP contribution in [0.5, 0.6) is 11.5 Å². The SMILES string of the molecule is COCC(CCO)NCc1cc(Cl)c2c(c1)OCO2. The summed E-state index contributed by atoms with van der Waals surface area (Å²) in [7, 11) is 1.64. The van der Waals surface area contributed by atoms with E-state index in [9.17, 15) is 0 Å². The second-order valence-corrected chi connectivity index (χ2v) is 4.76. The molecule has 2 N–H and O–H groups in total. The van der Waals surface area contributed by atoms with Crippen LogP contribution in [0.1, 0.15) is 12.0 Å². The fraction of sp³-hybridized carbons (Fsp3) is 0.538. The summed E-state index contributed by atoms with van der Waals surface area (Å²) in [6.07, 6.45) is 0.645. The highest BCUT2D eigenvalue weighted by atomic mass is 35.5. The Balaban J connectivity index is 1.97. The topological polar surface area (TPSA) is 60.0 Å². The van der Waals surface area contributed by atoms with Crippen molar-refractivity contribution < 1.29 is 19.3 Å². The number of hydrogen-bond donors (Lipinski definition) is 2. The summed E-state index contributed by atoms with van der Waals surface area (Å²) in [5, 5.41) is 12.8. The number of aliphatic hydroxyl groups is 1. The van der Waals surface area contributed by atoms with Crippen LogP contribution < -0.4 is 14.8 Å². The number of aliphatic hydroxyl groups excluding tert-OH is 1. The van der Waals surface area contributed by atoms with E-state index in [2.05, 4.69) is 5.32 Å². The number of ether oxygens (including phenoxy) is 3. The molecule has 0 spiro atoms. The lowest BCUT2D eigenvalue weighted by molar-refractivity contribution is 0.148. The normalized spacial score (nSPS) is 14.7. The van der Waals surface area contributed by atoms with Gasteiger partial charge < -0.3 is 24.6 Å². The van der Waals surface area contributed by atoms with Gasteiger partial charge in [0, 0.05) is 26.3 Å². The zero-order valence-corrected chi connectivity index (χ0v) is 11.6. The van der Waals surface area contributed by atoms with Crippen molar-refractivity contribution in [3.8, 4) is 11.5 Å². The number of methoxy groups -OCH3 is 1. The average Bonchev–Trinajstić information content (AvgIpc) is 2.85. The number of halogens is 1. The van der Waals surface area contributed by atoms with E-state index in [1.54, 1.807) is 7.11 Å². The summed E-state index contributed by atoms with van der Waals surface area (Å²) < 4.78 is 15.7. The van der Waals surface area contributed by atoms with Crippen LogP contribution in [0.4, 0.5) is 0 Å². The van der Waals surface area contributed by atoms with Gasteiger partial charge in [-0.05, 0) is 24.1 Å². The second-order valence-electron chi connectivity index (χ2n) is 4.36. The fourth-order valence-electron chi connectivity index (χ4n) is 1.99. The molecule has 106 valence electrons. The van der Waals surface area contributed by atoms with Crippen molar-refractivity contribution in [2.24, 2.45) is 0 Å². The molecule has 0 bridgehead atoms. The van der Waals surface area contributed by atoms with Crippen LogP contribution in [0.15, 0.2) is 12.1 Å². The van der Waals surface area contributed by atoms with Gasteiger partial charge in [0.25, 0.3) is 0 Å². The van der Waals surface area contributed by atoms with Crippen LogP contribution in [0.3, 0.4) is 0 Å². The maximum absolute atomic E-state index is 8.98. The second kappa shape index (κ2) is 6.96. The van der Waals surface area contributed by atoms with E-state index in [0.29, 0.717) is 36.1 Å². The molecule has 0 saturated heterocycles. The minimum Gasteiger partial charge on any atom is -0.454 e. The maximum Gasteiger partial charge on any atom is 0.231 e. The van der Waals surface area contributed by atoms with Crippen LogP contribution in [0.2, 0.25) is 5.02 Å². The van der Waals surface area contributed by atoms with Gasteiger partial charge in [0.15, 0.2) is 11.5 Å². The van der Waals surface area contributed by atoms with Gasteiger partial charge in [0.2, 0.25) is 6.79 Å². The Morgan fingerprint density at radius 2 is 2.32 bits per heavy atom. The first-order valence-electron chi connectivity index (χ1n) is 6.15. The van der Waals surface area contributed by atoms with E-state index >= 15 is 0 Å². The summed E-state index contributed by atoms with van der Waals surface area (Å²) >= 11 is 6.11. The van der Waals surface area contributed by atoms with Crippen LogP contribution in [0, 0.1) is 0 Å². The van der Waals surface area contributed by atoms with E-state index in [4.69, 9.17) is 30.9 Å². The first-order valence-corrected chi connectivity index (χ1v) is 6.53. The number of hydrogen-bond acceptors (Lipinski definition) is 5. The monoisotopic (exact) mass is 287 g/mol. The minimum absolute atomic E-state index is 0.110. The number of benzene rings is 1. The third kappa shape index (κ3) is 3.73. The smallest absolute Gasteiger partial charge is 0.231 e. The lowest BCUT2D eigenvalue weighted by Gasteiger charge is -2.17. The Kier molecular flexibility index (Phi) is 5.27. The summed E-state index contributed by atoms with van der Waals surface area (Å²) in [5.41, 5.74) is 1.01. The van der Waals surface area contributed by atoms with Gasteiger partial charge in [-0.25, -0.2) is 0 Å². The molecule has 0 radical (unpaired) electrons. The molecule has 1 aliphatic rings. The molecule has 1 atom stereocenters. The van der Waals surface area contributed by atoms with Gasteiger partial charge in [-0.1, -0.05) is 11.6 Å². The van der Waals surface area contributed by atoms with Crippen LogP contribution in [-0.4, -0.2) is 38.3 Å². The van der Waals surface area contributed by atoms with Crippen molar-refractivity contribution in [2.75, 3.05) is 27.1 Å². The van der Waals surface area contributed by atoms with Crippen LogP contribution >= 0.6 is 11.6 Å². The highest BCUT2D eigenvalue weighted by molar-refractivity contribution is 6.32. The van der Waals surface area contributed by atoms with Gasteiger partial charge in [-0.2, -0.15) is 0 Å². The standard InChI is InChI=1S/C13H18ClNO4/c1-17-7-10(2-3-16)15-6-9-4-11(14)13-12(5-9)18-8-19-13/h4-5,10,15-16H,2-3,6-8H2,1H3. The molecule has 1 aromatic rings. The van der Waals surface area contributed by atoms with Gasteiger partial charge >= 0.3 is 0 Å². The van der Waals surface area contributed by atoms with Gasteiger partial charge in [0.05, 0.1) is 11.6 Å². The predicted molar refractivity (Wildman–Crippen MR) is 71.8 cm³/mol. The number of rotatable bonds is 7. The predicted octanol–water partition coefficient (Wildman–Crippen LogP) is 1.56. The summed E-state index contributed by atoms with van der Waals surface area (Å²) in [6, 6.07) is 3.87. The Bertz CT molecular complexity index is 421. The van der Waals surface area contributed by atoms with E-state index in [1.807, 2.05) is 12.1 Å². The Labute approximate surface area is 117 Å². The molecule has 5 nitrogen and oxygen atoms in total. The molecule has 19 heavy (non-hydrogen) atoms. The Morgan fingerprint density at radius 3 is 3.05 bits per heavy atom. The zero-order chi connectivity index (χ0) is 13.7. The zero-order valence-electron chi connectivity index (χ0n) is 10.8. The molecule has 6 heteroatoms. The quantitative estimate of drug-likeness (QED) is 0.797. The lowest BCUT2D eigenvalue weighted by atomic mass is 10.1. The third-order valence-corrected chi connectivity index (χ3v) is 3.21. The van der Waals surface area contributed by atoms with Crippen molar-refractivity contribution in [3.63, 3.8) is 0 Å². The van der Waals surface area contributed by atoms with Gasteiger partial charge in [-0.15, -0.1) is 0 Å². The molecule has 2 rings (SSSR count). The molecule has 1 heterocycles. The molecule has 0 aliphatic carbocycles. The molecule has 1 aliphatic heterocycles. The number of fused-ring (bicyclic) bond motifs is 1. The maximum atomic E-state index is 8.98. The highest BCUT2D eigenvalue weighted by Crippen LogP contribution is 2.39. The van der Waals surface area contributed by atoms with Crippen LogP contribution in [0.25, 0.3) is 0 Å². The number of nitrogens with one attached hydrogen (secondary N) is 1. The minimum atomic E-state index is 0.110. The molecule has 1 aromatic carbocycles. The van der Waals surface area contributed by atoms with Gasteiger partial charge in [0.1, 0.15) is 0 Å². The average molecular weight is 288 g/mol. The highest BCUT2D eigenvalue weighted by Gasteiger charge is 2.18. The van der Waals surface area contributed by atoms with Crippen LogP contribution in [-0.2, 0) is 11.3 Å². The summed E-state index contributed by atoms with van der Waals surface area (Å²) in [5.74, 6) is 1.28. The van der Waals surface area contributed by atoms with Crippen molar-refractivity contribution in [3.05, 3.63) is 22.7 Å². The molecule has 1 unspecified atom stereocenters. The molecule has 0 fully saturated rings. The third-order valence-electron chi connectivity index (χ3n) is 2.93. The molecule has 0 saturated carbocycles.